The number of hydrogen-bond acceptors (Lipinski definition) is 2. The molecule has 2 heterocycles. The predicted octanol–water partition coefficient (Wildman–Crippen LogP) is 4.72. The van der Waals surface area contributed by atoms with E-state index in [9.17, 15) is 0 Å². The summed E-state index contributed by atoms with van der Waals surface area (Å²) >= 11 is 1.82. The molecule has 174 valence electrons. The zero-order chi connectivity index (χ0) is 21.7. The molecule has 0 spiro atoms. The molecule has 2 nitrogen and oxygen atoms in total. The van der Waals surface area contributed by atoms with E-state index in [-0.39, 0.29) is 24.0 Å². The highest BCUT2D eigenvalue weighted by Gasteiger charge is 2.10. The van der Waals surface area contributed by atoms with E-state index in [1.54, 1.807) is 0 Å². The number of anilines is 1. The number of benzene rings is 1. The third-order valence-electron chi connectivity index (χ3n) is 5.92. The van der Waals surface area contributed by atoms with Gasteiger partial charge >= 0.3 is 0 Å². The summed E-state index contributed by atoms with van der Waals surface area (Å²) in [5, 5.41) is 2.14. The van der Waals surface area contributed by atoms with Gasteiger partial charge < -0.3 is 28.9 Å². The number of nitrogens with zero attached hydrogens (tertiary/aromatic N) is 2. The van der Waals surface area contributed by atoms with Crippen molar-refractivity contribution in [1.82, 2.24) is 0 Å². The zero-order valence-corrected chi connectivity index (χ0v) is 22.8. The van der Waals surface area contributed by atoms with Gasteiger partial charge in [-0.05, 0) is 47.5 Å². The Balaban J connectivity index is 0.00000363. The number of hydrogen-bond donors (Lipinski definition) is 0. The van der Waals surface area contributed by atoms with Crippen LogP contribution in [0.15, 0.2) is 66.3 Å². The maximum Gasteiger partial charge on any atom is 0.182 e. The molecule has 2 aromatic heterocycles. The summed E-state index contributed by atoms with van der Waals surface area (Å²) in [5.74, 6) is 0. The SMILES string of the molecule is CCCCCCN(CCCCCC)c1cccc(-c2cc[n+](Cc3cccs3)cc2)c1.[I-]. The van der Waals surface area contributed by atoms with E-state index in [4.69, 9.17) is 0 Å². The second-order valence-electron chi connectivity index (χ2n) is 8.50. The van der Waals surface area contributed by atoms with Crippen LogP contribution in [0.25, 0.3) is 11.1 Å². The van der Waals surface area contributed by atoms with E-state index in [1.165, 1.54) is 86.1 Å². The molecule has 0 atom stereocenters. The second-order valence-corrected chi connectivity index (χ2v) is 9.53. The highest BCUT2D eigenvalue weighted by Crippen LogP contribution is 2.25. The Hall–Kier alpha value is -1.40. The lowest BCUT2D eigenvalue weighted by molar-refractivity contribution is -0.687. The molecular formula is C28H39IN2S. The number of rotatable bonds is 14. The topological polar surface area (TPSA) is 7.12 Å². The van der Waals surface area contributed by atoms with Crippen molar-refractivity contribution in [2.75, 3.05) is 18.0 Å². The van der Waals surface area contributed by atoms with Crippen LogP contribution in [0.4, 0.5) is 5.69 Å². The Bertz CT molecular complexity index is 849. The van der Waals surface area contributed by atoms with Gasteiger partial charge in [0.15, 0.2) is 18.9 Å². The smallest absolute Gasteiger partial charge is 0.182 e. The van der Waals surface area contributed by atoms with Gasteiger partial charge in [0.25, 0.3) is 0 Å². The summed E-state index contributed by atoms with van der Waals surface area (Å²) in [6.45, 7) is 7.86. The molecule has 0 fully saturated rings. The fraction of sp³-hybridized carbons (Fsp3) is 0.464. The minimum atomic E-state index is 0. The summed E-state index contributed by atoms with van der Waals surface area (Å²) in [5.41, 5.74) is 3.98. The highest BCUT2D eigenvalue weighted by molar-refractivity contribution is 7.09. The Labute approximate surface area is 216 Å². The first kappa shape index (κ1) is 26.8. The first-order valence-corrected chi connectivity index (χ1v) is 13.0. The van der Waals surface area contributed by atoms with Crippen molar-refractivity contribution in [3.05, 3.63) is 71.2 Å². The molecule has 0 N–H and O–H groups in total. The molecule has 0 radical (unpaired) electrons. The van der Waals surface area contributed by atoms with Crippen LogP contribution < -0.4 is 33.4 Å². The maximum atomic E-state index is 2.62. The van der Waals surface area contributed by atoms with E-state index in [0.717, 1.165) is 6.54 Å². The highest BCUT2D eigenvalue weighted by atomic mass is 127. The average Bonchev–Trinajstić information content (AvgIpc) is 3.32. The summed E-state index contributed by atoms with van der Waals surface area (Å²) < 4.78 is 2.26. The lowest BCUT2D eigenvalue weighted by Crippen LogP contribution is -3.00. The summed E-state index contributed by atoms with van der Waals surface area (Å²) in [7, 11) is 0. The van der Waals surface area contributed by atoms with E-state index in [2.05, 4.69) is 89.6 Å². The molecule has 0 saturated carbocycles. The van der Waals surface area contributed by atoms with Crippen molar-refractivity contribution in [3.63, 3.8) is 0 Å². The van der Waals surface area contributed by atoms with Crippen molar-refractivity contribution in [1.29, 1.82) is 0 Å². The number of aromatic nitrogens is 1. The minimum absolute atomic E-state index is 0. The van der Waals surface area contributed by atoms with E-state index >= 15 is 0 Å². The molecular weight excluding hydrogens is 523 g/mol. The molecule has 0 aliphatic rings. The van der Waals surface area contributed by atoms with Gasteiger partial charge in [-0.15, -0.1) is 11.3 Å². The van der Waals surface area contributed by atoms with Crippen LogP contribution in [-0.2, 0) is 6.54 Å². The number of pyridine rings is 1. The third-order valence-corrected chi connectivity index (χ3v) is 6.78. The van der Waals surface area contributed by atoms with E-state index < -0.39 is 0 Å². The summed E-state index contributed by atoms with van der Waals surface area (Å²) in [6.07, 6.45) is 15.0. The van der Waals surface area contributed by atoms with Crippen LogP contribution in [0, 0.1) is 0 Å². The van der Waals surface area contributed by atoms with Crippen LogP contribution in [-0.4, -0.2) is 13.1 Å². The van der Waals surface area contributed by atoms with E-state index in [0.29, 0.717) is 0 Å². The van der Waals surface area contributed by atoms with Crippen molar-refractivity contribution in [2.45, 2.75) is 71.8 Å². The van der Waals surface area contributed by atoms with Crippen molar-refractivity contribution >= 4 is 17.0 Å². The normalized spacial score (nSPS) is 10.7. The monoisotopic (exact) mass is 562 g/mol. The van der Waals surface area contributed by atoms with Gasteiger partial charge in [0, 0.05) is 30.9 Å². The molecule has 4 heteroatoms. The average molecular weight is 563 g/mol. The van der Waals surface area contributed by atoms with Gasteiger partial charge in [0.1, 0.15) is 0 Å². The molecule has 0 amide bonds. The Kier molecular flexibility index (Phi) is 13.0. The van der Waals surface area contributed by atoms with Gasteiger partial charge in [-0.3, -0.25) is 0 Å². The quantitative estimate of drug-likeness (QED) is 0.157. The molecule has 0 unspecified atom stereocenters. The van der Waals surface area contributed by atoms with Crippen LogP contribution in [0.1, 0.15) is 70.1 Å². The molecule has 3 aromatic rings. The van der Waals surface area contributed by atoms with Crippen molar-refractivity contribution in [3.8, 4) is 11.1 Å². The Morgan fingerprint density at radius 1 is 0.750 bits per heavy atom. The summed E-state index contributed by atoms with van der Waals surface area (Å²) in [6, 6.07) is 18.0. The van der Waals surface area contributed by atoms with Gasteiger partial charge in [-0.1, -0.05) is 70.6 Å². The van der Waals surface area contributed by atoms with Crippen molar-refractivity contribution in [2.24, 2.45) is 0 Å². The number of unbranched alkanes of at least 4 members (excludes halogenated alkanes) is 6. The summed E-state index contributed by atoms with van der Waals surface area (Å²) in [4.78, 5) is 4.01. The molecule has 0 aliphatic carbocycles. The Morgan fingerprint density at radius 2 is 1.44 bits per heavy atom. The molecule has 0 saturated heterocycles. The largest absolute Gasteiger partial charge is 1.00 e. The number of thiophene rings is 1. The third kappa shape index (κ3) is 8.86. The van der Waals surface area contributed by atoms with Gasteiger partial charge in [0.2, 0.25) is 0 Å². The second kappa shape index (κ2) is 15.4. The van der Waals surface area contributed by atoms with Crippen molar-refractivity contribution < 1.29 is 28.5 Å². The fourth-order valence-electron chi connectivity index (χ4n) is 4.05. The van der Waals surface area contributed by atoms with Crippen LogP contribution in [0.5, 0.6) is 0 Å². The first-order chi connectivity index (χ1) is 15.3. The molecule has 0 aliphatic heterocycles. The molecule has 1 aromatic carbocycles. The van der Waals surface area contributed by atoms with Crippen LogP contribution >= 0.6 is 11.3 Å². The van der Waals surface area contributed by atoms with Gasteiger partial charge in [0.05, 0.1) is 4.88 Å². The molecule has 32 heavy (non-hydrogen) atoms. The van der Waals surface area contributed by atoms with Crippen LogP contribution in [0.2, 0.25) is 0 Å². The van der Waals surface area contributed by atoms with E-state index in [1.807, 2.05) is 11.3 Å². The Morgan fingerprint density at radius 3 is 2.03 bits per heavy atom. The molecule has 0 bridgehead atoms. The predicted molar refractivity (Wildman–Crippen MR) is 136 cm³/mol. The standard InChI is InChI=1S/C28H39N2S.HI/c1-3-5-7-9-18-30(19-10-8-6-4-2)27-14-11-13-26(23-27)25-16-20-29(21-17-25)24-28-15-12-22-31-28;/h11-17,20-23H,3-10,18-19,24H2,1-2H3;1H/q+1;/p-1. The van der Waals surface area contributed by atoms with Gasteiger partial charge in [-0.2, -0.15) is 4.57 Å². The first-order valence-electron chi connectivity index (χ1n) is 12.2. The fourth-order valence-corrected chi connectivity index (χ4v) is 4.76. The number of halogens is 1. The van der Waals surface area contributed by atoms with Gasteiger partial charge in [-0.25, -0.2) is 0 Å². The lowest BCUT2D eigenvalue weighted by Gasteiger charge is -2.25. The van der Waals surface area contributed by atoms with Crippen LogP contribution in [0.3, 0.4) is 0 Å². The minimum Gasteiger partial charge on any atom is -1.00 e. The lowest BCUT2D eigenvalue weighted by atomic mass is 10.1. The zero-order valence-electron chi connectivity index (χ0n) is 19.8. The molecule has 3 rings (SSSR count). The maximum absolute atomic E-state index is 2.62.